The summed E-state index contributed by atoms with van der Waals surface area (Å²) in [5.41, 5.74) is 2.60. The van der Waals surface area contributed by atoms with Gasteiger partial charge in [-0.2, -0.15) is 0 Å². The second-order valence-electron chi connectivity index (χ2n) is 6.10. The molecule has 1 amide bonds. The zero-order valence-electron chi connectivity index (χ0n) is 13.9. The number of rotatable bonds is 3. The standard InChI is InChI=1S/C17H21N3O3/c1-10(16-12(3)19-23-13(16)4)8-15(21)20-9-11(2)22-17-14(20)6-5-7-18-17/h5-7,10-11H,8-9H2,1-4H3/t10-,11-/m1/s1. The Labute approximate surface area is 135 Å². The molecule has 6 nitrogen and oxygen atoms in total. The van der Waals surface area contributed by atoms with E-state index in [1.807, 2.05) is 39.8 Å². The van der Waals surface area contributed by atoms with Crippen LogP contribution in [0.4, 0.5) is 5.69 Å². The van der Waals surface area contributed by atoms with Crippen LogP contribution >= 0.6 is 0 Å². The van der Waals surface area contributed by atoms with Crippen molar-refractivity contribution in [1.82, 2.24) is 10.1 Å². The summed E-state index contributed by atoms with van der Waals surface area (Å²) in [5, 5.41) is 3.98. The van der Waals surface area contributed by atoms with Gasteiger partial charge in [0.05, 0.1) is 12.2 Å². The molecule has 2 atom stereocenters. The number of nitrogens with zero attached hydrogens (tertiary/aromatic N) is 3. The van der Waals surface area contributed by atoms with Crippen LogP contribution in [-0.2, 0) is 4.79 Å². The summed E-state index contributed by atoms with van der Waals surface area (Å²) in [5.74, 6) is 1.40. The van der Waals surface area contributed by atoms with E-state index >= 15 is 0 Å². The summed E-state index contributed by atoms with van der Waals surface area (Å²) < 4.78 is 10.9. The third-order valence-electron chi connectivity index (χ3n) is 4.16. The lowest BCUT2D eigenvalue weighted by Gasteiger charge is -2.33. The molecule has 3 rings (SSSR count). The molecule has 0 aliphatic carbocycles. The molecule has 0 saturated carbocycles. The molecule has 1 aliphatic heterocycles. The summed E-state index contributed by atoms with van der Waals surface area (Å²) in [4.78, 5) is 18.8. The lowest BCUT2D eigenvalue weighted by molar-refractivity contribution is -0.119. The van der Waals surface area contributed by atoms with E-state index in [0.717, 1.165) is 22.7 Å². The number of ether oxygens (including phenoxy) is 1. The fourth-order valence-corrected chi connectivity index (χ4v) is 3.17. The highest BCUT2D eigenvalue weighted by molar-refractivity contribution is 5.95. The third kappa shape index (κ3) is 2.93. The maximum Gasteiger partial charge on any atom is 0.238 e. The largest absolute Gasteiger partial charge is 0.471 e. The number of hydrogen-bond donors (Lipinski definition) is 0. The van der Waals surface area contributed by atoms with Gasteiger partial charge in [0.15, 0.2) is 0 Å². The van der Waals surface area contributed by atoms with Gasteiger partial charge in [0.1, 0.15) is 17.6 Å². The van der Waals surface area contributed by atoms with Gasteiger partial charge in [-0.3, -0.25) is 4.79 Å². The molecule has 0 aromatic carbocycles. The first-order valence-electron chi connectivity index (χ1n) is 7.82. The van der Waals surface area contributed by atoms with Crippen molar-refractivity contribution < 1.29 is 14.1 Å². The maximum atomic E-state index is 12.8. The molecule has 2 aromatic heterocycles. The number of carbonyl (C=O) groups excluding carboxylic acids is 1. The summed E-state index contributed by atoms with van der Waals surface area (Å²) in [6.07, 6.45) is 1.99. The molecule has 0 spiro atoms. The number of aromatic nitrogens is 2. The molecule has 0 unspecified atom stereocenters. The fourth-order valence-electron chi connectivity index (χ4n) is 3.17. The van der Waals surface area contributed by atoms with Crippen LogP contribution in [-0.4, -0.2) is 28.7 Å². The van der Waals surface area contributed by atoms with Crippen LogP contribution in [0.2, 0.25) is 0 Å². The van der Waals surface area contributed by atoms with Crippen LogP contribution in [0.15, 0.2) is 22.9 Å². The minimum Gasteiger partial charge on any atom is -0.471 e. The van der Waals surface area contributed by atoms with Crippen LogP contribution in [0.1, 0.15) is 43.2 Å². The van der Waals surface area contributed by atoms with Crippen LogP contribution in [0.3, 0.4) is 0 Å². The number of anilines is 1. The molecule has 0 saturated heterocycles. The molecule has 2 aromatic rings. The Morgan fingerprint density at radius 2 is 2.26 bits per heavy atom. The average Bonchev–Trinajstić information content (AvgIpc) is 2.85. The van der Waals surface area contributed by atoms with Gasteiger partial charge in [0, 0.05) is 18.2 Å². The Morgan fingerprint density at radius 1 is 1.48 bits per heavy atom. The highest BCUT2D eigenvalue weighted by atomic mass is 16.5. The zero-order chi connectivity index (χ0) is 16.6. The number of amides is 1. The van der Waals surface area contributed by atoms with Crippen molar-refractivity contribution in [2.75, 3.05) is 11.4 Å². The van der Waals surface area contributed by atoms with Gasteiger partial charge >= 0.3 is 0 Å². The molecular formula is C17H21N3O3. The number of fused-ring (bicyclic) bond motifs is 1. The van der Waals surface area contributed by atoms with E-state index < -0.39 is 0 Å². The summed E-state index contributed by atoms with van der Waals surface area (Å²) in [6.45, 7) is 8.29. The van der Waals surface area contributed by atoms with Crippen LogP contribution in [0.5, 0.6) is 5.88 Å². The second kappa shape index (κ2) is 6.02. The van der Waals surface area contributed by atoms with Crippen molar-refractivity contribution in [2.45, 2.75) is 46.1 Å². The van der Waals surface area contributed by atoms with Gasteiger partial charge in [-0.25, -0.2) is 4.98 Å². The number of carbonyl (C=O) groups is 1. The van der Waals surface area contributed by atoms with Crippen LogP contribution in [0, 0.1) is 13.8 Å². The molecule has 0 radical (unpaired) electrons. The first-order valence-corrected chi connectivity index (χ1v) is 7.82. The normalized spacial score (nSPS) is 18.3. The summed E-state index contributed by atoms with van der Waals surface area (Å²) >= 11 is 0. The minimum atomic E-state index is -0.0734. The predicted octanol–water partition coefficient (Wildman–Crippen LogP) is 2.99. The second-order valence-corrected chi connectivity index (χ2v) is 6.10. The van der Waals surface area contributed by atoms with Crippen LogP contribution in [0.25, 0.3) is 0 Å². The molecule has 23 heavy (non-hydrogen) atoms. The highest BCUT2D eigenvalue weighted by Crippen LogP contribution is 2.33. The molecule has 0 N–H and O–H groups in total. The van der Waals surface area contributed by atoms with E-state index in [-0.39, 0.29) is 17.9 Å². The molecular weight excluding hydrogens is 294 g/mol. The van der Waals surface area contributed by atoms with Gasteiger partial charge < -0.3 is 14.2 Å². The van der Waals surface area contributed by atoms with Gasteiger partial charge in [-0.1, -0.05) is 12.1 Å². The first-order chi connectivity index (χ1) is 11.0. The topological polar surface area (TPSA) is 68.5 Å². The third-order valence-corrected chi connectivity index (χ3v) is 4.16. The Hall–Kier alpha value is -2.37. The van der Waals surface area contributed by atoms with Crippen molar-refractivity contribution in [2.24, 2.45) is 0 Å². The molecule has 122 valence electrons. The SMILES string of the molecule is Cc1noc(C)c1[C@H](C)CC(=O)N1C[C@@H](C)Oc2ncccc21. The van der Waals surface area contributed by atoms with Crippen molar-refractivity contribution in [3.05, 3.63) is 35.3 Å². The molecule has 6 heteroatoms. The van der Waals surface area contributed by atoms with Gasteiger partial charge in [-0.05, 0) is 38.8 Å². The number of hydrogen-bond acceptors (Lipinski definition) is 5. The van der Waals surface area contributed by atoms with Gasteiger partial charge in [0.2, 0.25) is 11.8 Å². The van der Waals surface area contributed by atoms with E-state index in [9.17, 15) is 4.79 Å². The zero-order valence-corrected chi connectivity index (χ0v) is 13.9. The van der Waals surface area contributed by atoms with E-state index in [1.54, 1.807) is 11.1 Å². The van der Waals surface area contributed by atoms with E-state index in [2.05, 4.69) is 10.1 Å². The van der Waals surface area contributed by atoms with Crippen molar-refractivity contribution in [3.8, 4) is 5.88 Å². The smallest absolute Gasteiger partial charge is 0.238 e. The fraction of sp³-hybridized carbons (Fsp3) is 0.471. The Morgan fingerprint density at radius 3 is 2.96 bits per heavy atom. The average molecular weight is 315 g/mol. The minimum absolute atomic E-state index is 0.0482. The molecule has 0 fully saturated rings. The summed E-state index contributed by atoms with van der Waals surface area (Å²) in [6, 6.07) is 3.68. The Bertz CT molecular complexity index is 706. The number of pyridine rings is 1. The molecule has 1 aliphatic rings. The van der Waals surface area contributed by atoms with Gasteiger partial charge in [0.25, 0.3) is 0 Å². The summed E-state index contributed by atoms with van der Waals surface area (Å²) in [7, 11) is 0. The van der Waals surface area contributed by atoms with Gasteiger partial charge in [-0.15, -0.1) is 0 Å². The van der Waals surface area contributed by atoms with E-state index in [1.165, 1.54) is 0 Å². The quantitative estimate of drug-likeness (QED) is 0.871. The highest BCUT2D eigenvalue weighted by Gasteiger charge is 2.30. The lowest BCUT2D eigenvalue weighted by Crippen LogP contribution is -2.43. The molecule has 0 bridgehead atoms. The molecule has 3 heterocycles. The van der Waals surface area contributed by atoms with Crippen LogP contribution < -0.4 is 9.64 Å². The maximum absolute atomic E-state index is 12.8. The Balaban J connectivity index is 1.81. The van der Waals surface area contributed by atoms with E-state index in [0.29, 0.717) is 18.8 Å². The van der Waals surface area contributed by atoms with Crippen molar-refractivity contribution >= 4 is 11.6 Å². The predicted molar refractivity (Wildman–Crippen MR) is 85.7 cm³/mol. The lowest BCUT2D eigenvalue weighted by atomic mass is 9.95. The van der Waals surface area contributed by atoms with Crippen molar-refractivity contribution in [3.63, 3.8) is 0 Å². The first kappa shape index (κ1) is 15.5. The number of aryl methyl sites for hydroxylation is 2. The van der Waals surface area contributed by atoms with E-state index in [4.69, 9.17) is 9.26 Å². The van der Waals surface area contributed by atoms with Crippen molar-refractivity contribution in [1.29, 1.82) is 0 Å². The Kier molecular flexibility index (Phi) is 4.07. The monoisotopic (exact) mass is 315 g/mol.